The number of nitrogens with zero attached hydrogens (tertiary/aromatic N) is 2. The van der Waals surface area contributed by atoms with Gasteiger partial charge < -0.3 is 9.47 Å². The highest BCUT2D eigenvalue weighted by Gasteiger charge is 2.32. The minimum Gasteiger partial charge on any atom is -0.309 e. The quantitative estimate of drug-likeness (QED) is 0.164. The summed E-state index contributed by atoms with van der Waals surface area (Å²) in [4.78, 5) is 2.34. The van der Waals surface area contributed by atoms with Crippen molar-refractivity contribution in [2.24, 2.45) is 0 Å². The maximum absolute atomic E-state index is 3.53. The molecular weight excluding hydrogens is 605 g/mol. The number of rotatable bonds is 6. The topological polar surface area (TPSA) is 8.17 Å². The van der Waals surface area contributed by atoms with Gasteiger partial charge in [0.2, 0.25) is 0 Å². The van der Waals surface area contributed by atoms with Crippen molar-refractivity contribution in [3.8, 4) is 5.69 Å². The van der Waals surface area contributed by atoms with Crippen LogP contribution in [0.5, 0.6) is 0 Å². The molecule has 1 heterocycles. The van der Waals surface area contributed by atoms with E-state index in [1.54, 1.807) is 0 Å². The van der Waals surface area contributed by atoms with Crippen LogP contribution in [-0.2, 0) is 18.3 Å². The van der Waals surface area contributed by atoms with E-state index >= 15 is 0 Å². The first-order valence-corrected chi connectivity index (χ1v) is 17.5. The summed E-state index contributed by atoms with van der Waals surface area (Å²) in [5, 5.41) is 2.57. The lowest BCUT2D eigenvalue weighted by Crippen LogP contribution is -2.27. The molecule has 0 atom stereocenters. The first kappa shape index (κ1) is 30.0. The number of benzene rings is 6. The number of hydrogen-bond acceptors (Lipinski definition) is 1. The van der Waals surface area contributed by atoms with Gasteiger partial charge in [-0.1, -0.05) is 123 Å². The van der Waals surface area contributed by atoms with Crippen LogP contribution in [0.1, 0.15) is 47.2 Å². The highest BCUT2D eigenvalue weighted by molar-refractivity contribution is 6.09. The molecule has 6 aromatic carbocycles. The fourth-order valence-corrected chi connectivity index (χ4v) is 8.11. The molecule has 0 saturated carbocycles. The number of para-hydroxylation sites is 2. The molecule has 1 aromatic heterocycles. The van der Waals surface area contributed by atoms with Gasteiger partial charge in [-0.15, -0.1) is 0 Å². The highest BCUT2D eigenvalue weighted by atomic mass is 15.1. The van der Waals surface area contributed by atoms with Crippen LogP contribution >= 0.6 is 0 Å². The largest absolute Gasteiger partial charge is 0.309 e. The van der Waals surface area contributed by atoms with Crippen LogP contribution in [0, 0.1) is 0 Å². The van der Waals surface area contributed by atoms with Crippen LogP contribution in [-0.4, -0.2) is 4.57 Å². The summed E-state index contributed by atoms with van der Waals surface area (Å²) in [6.07, 6.45) is 12.1. The molecule has 0 bridgehead atoms. The van der Waals surface area contributed by atoms with Gasteiger partial charge in [0.15, 0.2) is 0 Å². The zero-order chi connectivity index (χ0) is 33.7. The van der Waals surface area contributed by atoms with E-state index in [4.69, 9.17) is 0 Å². The van der Waals surface area contributed by atoms with Gasteiger partial charge in [-0.25, -0.2) is 0 Å². The maximum atomic E-state index is 3.53. The summed E-state index contributed by atoms with van der Waals surface area (Å²) in [5.74, 6) is 0. The van der Waals surface area contributed by atoms with Crippen molar-refractivity contribution in [3.63, 3.8) is 0 Å². The van der Waals surface area contributed by atoms with Gasteiger partial charge in [-0.2, -0.15) is 0 Å². The van der Waals surface area contributed by atoms with Crippen LogP contribution in [0.2, 0.25) is 0 Å². The lowest BCUT2D eigenvalue weighted by Gasteiger charge is -2.36. The Morgan fingerprint density at radius 3 is 2.20 bits per heavy atom. The van der Waals surface area contributed by atoms with Crippen LogP contribution in [0.25, 0.3) is 27.5 Å². The lowest BCUT2D eigenvalue weighted by molar-refractivity contribution is 0.610. The van der Waals surface area contributed by atoms with Crippen LogP contribution in [0.3, 0.4) is 0 Å². The zero-order valence-electron chi connectivity index (χ0n) is 28.5. The molecule has 0 unspecified atom stereocenters. The minimum absolute atomic E-state index is 0.0417. The molecule has 0 radical (unpaired) electrons. The van der Waals surface area contributed by atoms with Crippen molar-refractivity contribution in [1.29, 1.82) is 0 Å². The highest BCUT2D eigenvalue weighted by Crippen LogP contribution is 2.43. The number of aromatic nitrogens is 1. The molecule has 7 aromatic rings. The molecule has 9 rings (SSSR count). The third-order valence-corrected chi connectivity index (χ3v) is 10.5. The van der Waals surface area contributed by atoms with E-state index in [-0.39, 0.29) is 5.41 Å². The Bertz CT molecular complexity index is 2530. The molecule has 0 amide bonds. The Morgan fingerprint density at radius 2 is 1.32 bits per heavy atom. The van der Waals surface area contributed by atoms with Crippen LogP contribution < -0.4 is 4.90 Å². The summed E-state index contributed by atoms with van der Waals surface area (Å²) >= 11 is 0. The average molecular weight is 643 g/mol. The molecule has 2 aliphatic rings. The molecule has 50 heavy (non-hydrogen) atoms. The van der Waals surface area contributed by atoms with E-state index in [1.807, 2.05) is 12.2 Å². The summed E-state index contributed by atoms with van der Waals surface area (Å²) < 4.78 is 2.37. The number of anilines is 2. The number of fused-ring (bicyclic) bond motifs is 5. The van der Waals surface area contributed by atoms with Gasteiger partial charge in [0, 0.05) is 33.2 Å². The second-order valence-corrected chi connectivity index (χ2v) is 14.0. The Balaban J connectivity index is 1.06. The first-order chi connectivity index (χ1) is 24.5. The van der Waals surface area contributed by atoms with Gasteiger partial charge in [0.1, 0.15) is 0 Å². The fourth-order valence-electron chi connectivity index (χ4n) is 8.11. The molecule has 2 aliphatic carbocycles. The van der Waals surface area contributed by atoms with Gasteiger partial charge in [-0.3, -0.25) is 0 Å². The molecule has 240 valence electrons. The minimum atomic E-state index is -0.0417. The van der Waals surface area contributed by atoms with Crippen molar-refractivity contribution in [2.75, 3.05) is 4.90 Å². The van der Waals surface area contributed by atoms with Gasteiger partial charge >= 0.3 is 0 Å². The van der Waals surface area contributed by atoms with Crippen LogP contribution in [0.15, 0.2) is 181 Å². The Kier molecular flexibility index (Phi) is 7.27. The van der Waals surface area contributed by atoms with Crippen molar-refractivity contribution in [1.82, 2.24) is 4.57 Å². The second-order valence-electron chi connectivity index (χ2n) is 14.0. The summed E-state index contributed by atoms with van der Waals surface area (Å²) in [7, 11) is 0. The van der Waals surface area contributed by atoms with Crippen molar-refractivity contribution in [2.45, 2.75) is 32.1 Å². The van der Waals surface area contributed by atoms with Crippen LogP contribution in [0.4, 0.5) is 11.4 Å². The summed E-state index contributed by atoms with van der Waals surface area (Å²) in [6, 6.07) is 51.3. The fraction of sp³-hybridized carbons (Fsp3) is 0.104. The maximum Gasteiger partial charge on any atom is 0.0890 e. The second kappa shape index (κ2) is 12.1. The SMILES string of the molecule is CC1(C)c2ccccc2Cc2cc(N(C3=C=CC=CC=C3)c3ccc(Cc4ccc5c(c4)c4ccccc4n5-c4ccccc4)cc3)ccc21. The van der Waals surface area contributed by atoms with E-state index in [9.17, 15) is 0 Å². The summed E-state index contributed by atoms with van der Waals surface area (Å²) in [5.41, 5.74) is 18.6. The Hall–Kier alpha value is -6.08. The molecule has 2 heteroatoms. The lowest BCUT2D eigenvalue weighted by atomic mass is 9.69. The van der Waals surface area contributed by atoms with Gasteiger partial charge in [0.25, 0.3) is 0 Å². The standard InChI is InChI=1S/C48H38N2/c1-48(2)44-20-12-10-14-36(44)32-37-33-41(27-28-45(37)48)49(38-15-6-3-4-7-16-38)40-25-22-34(23-26-40)30-35-24-29-47-43(31-35)42-19-11-13-21-46(42)50(47)39-17-8-5-9-18-39/h3-15,17-29,31,33H,30,32H2,1-2H3. The zero-order valence-corrected chi connectivity index (χ0v) is 28.5. The molecule has 0 spiro atoms. The summed E-state index contributed by atoms with van der Waals surface area (Å²) in [6.45, 7) is 4.70. The van der Waals surface area contributed by atoms with E-state index < -0.39 is 0 Å². The predicted molar refractivity (Wildman–Crippen MR) is 210 cm³/mol. The molecule has 0 N–H and O–H groups in total. The normalized spacial score (nSPS) is 14.3. The van der Waals surface area contributed by atoms with E-state index in [2.05, 4.69) is 187 Å². The van der Waals surface area contributed by atoms with Crippen molar-refractivity contribution in [3.05, 3.63) is 215 Å². The van der Waals surface area contributed by atoms with E-state index in [0.29, 0.717) is 0 Å². The Morgan fingerprint density at radius 1 is 0.600 bits per heavy atom. The monoisotopic (exact) mass is 642 g/mol. The first-order valence-electron chi connectivity index (χ1n) is 17.5. The molecule has 0 fully saturated rings. The predicted octanol–water partition coefficient (Wildman–Crippen LogP) is 11.9. The van der Waals surface area contributed by atoms with E-state index in [1.165, 1.54) is 60.9 Å². The van der Waals surface area contributed by atoms with Gasteiger partial charge in [0.05, 0.1) is 16.7 Å². The Labute approximate surface area is 294 Å². The van der Waals surface area contributed by atoms with Crippen molar-refractivity contribution < 1.29 is 0 Å². The molecule has 0 aliphatic heterocycles. The molecule has 0 saturated heterocycles. The van der Waals surface area contributed by atoms with Gasteiger partial charge in [-0.05, 0) is 113 Å². The average Bonchev–Trinajstić information content (AvgIpc) is 3.25. The number of allylic oxidation sites excluding steroid dienone is 4. The smallest absolute Gasteiger partial charge is 0.0890 e. The number of hydrogen-bond donors (Lipinski definition) is 0. The molecular formula is C48H38N2. The molecule has 2 nitrogen and oxygen atoms in total. The van der Waals surface area contributed by atoms with Crippen molar-refractivity contribution >= 4 is 33.2 Å². The van der Waals surface area contributed by atoms with E-state index in [0.717, 1.165) is 29.9 Å². The third kappa shape index (κ3) is 5.13. The third-order valence-electron chi connectivity index (χ3n) is 10.5.